The van der Waals surface area contributed by atoms with Crippen molar-refractivity contribution in [3.8, 4) is 0 Å². The van der Waals surface area contributed by atoms with E-state index in [4.69, 9.17) is 9.47 Å². The lowest BCUT2D eigenvalue weighted by molar-refractivity contribution is -0.187. The van der Waals surface area contributed by atoms with Crippen LogP contribution in [0.2, 0.25) is 0 Å². The molecule has 13 heavy (non-hydrogen) atoms. The van der Waals surface area contributed by atoms with Crippen LogP contribution >= 0.6 is 0 Å². The molecule has 0 aliphatic carbocycles. The topological polar surface area (TPSA) is 35.5 Å². The molecule has 0 saturated heterocycles. The van der Waals surface area contributed by atoms with Crippen LogP contribution in [0.15, 0.2) is 0 Å². The molecule has 78 valence electrons. The minimum absolute atomic E-state index is 0.149. The van der Waals surface area contributed by atoms with Gasteiger partial charge in [-0.15, -0.1) is 0 Å². The van der Waals surface area contributed by atoms with Gasteiger partial charge in [-0.25, -0.2) is 0 Å². The number of hydrogen-bond donors (Lipinski definition) is 0. The zero-order chi connectivity index (χ0) is 10.3. The van der Waals surface area contributed by atoms with Gasteiger partial charge in [0, 0.05) is 13.3 Å². The Hall–Kier alpha value is -0.570. The maximum atomic E-state index is 10.7. The molecular formula is C10H20O3. The number of hydrogen-bond acceptors (Lipinski definition) is 3. The third-order valence-electron chi connectivity index (χ3n) is 1.78. The summed E-state index contributed by atoms with van der Waals surface area (Å²) < 4.78 is 10.5. The van der Waals surface area contributed by atoms with Crippen LogP contribution in [-0.4, -0.2) is 18.4 Å². The Morgan fingerprint density at radius 1 is 1.38 bits per heavy atom. The highest BCUT2D eigenvalue weighted by molar-refractivity contribution is 5.66. The Morgan fingerprint density at radius 3 is 2.38 bits per heavy atom. The number of carbonyl (C=O) groups is 1. The SMILES string of the molecule is CCCC(OC(C)=O)OC(C)CC. The van der Waals surface area contributed by atoms with Gasteiger partial charge in [-0.2, -0.15) is 0 Å². The molecule has 0 N–H and O–H groups in total. The molecule has 0 aromatic heterocycles. The van der Waals surface area contributed by atoms with Gasteiger partial charge in [0.2, 0.25) is 6.29 Å². The highest BCUT2D eigenvalue weighted by Gasteiger charge is 2.13. The van der Waals surface area contributed by atoms with Crippen molar-refractivity contribution in [3.63, 3.8) is 0 Å². The molecule has 0 bridgehead atoms. The Labute approximate surface area is 80.4 Å². The molecule has 2 atom stereocenters. The maximum absolute atomic E-state index is 10.7. The first kappa shape index (κ1) is 12.4. The van der Waals surface area contributed by atoms with E-state index in [9.17, 15) is 4.79 Å². The number of ether oxygens (including phenoxy) is 2. The third-order valence-corrected chi connectivity index (χ3v) is 1.78. The predicted molar refractivity (Wildman–Crippen MR) is 51.3 cm³/mol. The highest BCUT2D eigenvalue weighted by Crippen LogP contribution is 2.09. The Kier molecular flexibility index (Phi) is 6.59. The summed E-state index contributed by atoms with van der Waals surface area (Å²) in [4.78, 5) is 10.7. The van der Waals surface area contributed by atoms with Crippen molar-refractivity contribution < 1.29 is 14.3 Å². The molecule has 0 rings (SSSR count). The van der Waals surface area contributed by atoms with Crippen LogP contribution in [0.3, 0.4) is 0 Å². The fourth-order valence-corrected chi connectivity index (χ4v) is 0.931. The van der Waals surface area contributed by atoms with E-state index in [0.29, 0.717) is 0 Å². The van der Waals surface area contributed by atoms with Crippen LogP contribution in [0.4, 0.5) is 0 Å². The first-order valence-electron chi connectivity index (χ1n) is 4.92. The smallest absolute Gasteiger partial charge is 0.304 e. The summed E-state index contributed by atoms with van der Waals surface area (Å²) in [5.41, 5.74) is 0. The van der Waals surface area contributed by atoms with Crippen molar-refractivity contribution in [2.45, 2.75) is 59.4 Å². The molecule has 0 aromatic carbocycles. The van der Waals surface area contributed by atoms with E-state index in [1.807, 2.05) is 20.8 Å². The van der Waals surface area contributed by atoms with Crippen molar-refractivity contribution in [3.05, 3.63) is 0 Å². The molecule has 0 fully saturated rings. The standard InChI is InChI=1S/C10H20O3/c1-5-7-10(13-9(4)11)12-8(3)6-2/h8,10H,5-7H2,1-4H3. The third kappa shape index (κ3) is 6.58. The summed E-state index contributed by atoms with van der Waals surface area (Å²) in [6, 6.07) is 0. The van der Waals surface area contributed by atoms with Crippen molar-refractivity contribution in [1.82, 2.24) is 0 Å². The van der Waals surface area contributed by atoms with Gasteiger partial charge in [0.25, 0.3) is 0 Å². The molecule has 0 amide bonds. The summed E-state index contributed by atoms with van der Waals surface area (Å²) in [5, 5.41) is 0. The van der Waals surface area contributed by atoms with E-state index < -0.39 is 0 Å². The summed E-state index contributed by atoms with van der Waals surface area (Å²) in [6.07, 6.45) is 2.44. The molecule has 0 heterocycles. The van der Waals surface area contributed by atoms with E-state index in [0.717, 1.165) is 19.3 Å². The molecule has 3 heteroatoms. The predicted octanol–water partition coefficient (Wildman–Crippen LogP) is 2.49. The van der Waals surface area contributed by atoms with Gasteiger partial charge >= 0.3 is 5.97 Å². The molecular weight excluding hydrogens is 168 g/mol. The summed E-state index contributed by atoms with van der Waals surface area (Å²) >= 11 is 0. The second-order valence-corrected chi connectivity index (χ2v) is 3.18. The van der Waals surface area contributed by atoms with Crippen LogP contribution in [-0.2, 0) is 14.3 Å². The monoisotopic (exact) mass is 188 g/mol. The molecule has 0 aliphatic heterocycles. The van der Waals surface area contributed by atoms with E-state index in [1.165, 1.54) is 6.92 Å². The van der Waals surface area contributed by atoms with Gasteiger partial charge in [0.05, 0.1) is 6.10 Å². The lowest BCUT2D eigenvalue weighted by Gasteiger charge is -2.20. The van der Waals surface area contributed by atoms with E-state index in [1.54, 1.807) is 0 Å². The van der Waals surface area contributed by atoms with Crippen molar-refractivity contribution in [2.24, 2.45) is 0 Å². The number of carbonyl (C=O) groups excluding carboxylic acids is 1. The second-order valence-electron chi connectivity index (χ2n) is 3.18. The summed E-state index contributed by atoms with van der Waals surface area (Å²) in [5.74, 6) is -0.276. The highest BCUT2D eigenvalue weighted by atomic mass is 16.7. The Bertz CT molecular complexity index is 145. The fourth-order valence-electron chi connectivity index (χ4n) is 0.931. The molecule has 0 aliphatic rings. The maximum Gasteiger partial charge on any atom is 0.304 e. The summed E-state index contributed by atoms with van der Waals surface area (Å²) in [7, 11) is 0. The zero-order valence-electron chi connectivity index (χ0n) is 9.00. The average Bonchev–Trinajstić information content (AvgIpc) is 2.03. The number of rotatable bonds is 6. The van der Waals surface area contributed by atoms with Crippen LogP contribution in [0.25, 0.3) is 0 Å². The largest absolute Gasteiger partial charge is 0.436 e. The van der Waals surface area contributed by atoms with Gasteiger partial charge in [-0.1, -0.05) is 20.3 Å². The fraction of sp³-hybridized carbons (Fsp3) is 0.900. The van der Waals surface area contributed by atoms with Gasteiger partial charge in [0.15, 0.2) is 0 Å². The van der Waals surface area contributed by atoms with E-state index in [-0.39, 0.29) is 18.4 Å². The zero-order valence-corrected chi connectivity index (χ0v) is 9.00. The second kappa shape index (κ2) is 6.89. The molecule has 0 spiro atoms. The molecule has 0 saturated carbocycles. The van der Waals surface area contributed by atoms with Gasteiger partial charge < -0.3 is 9.47 Å². The Morgan fingerprint density at radius 2 is 2.00 bits per heavy atom. The minimum Gasteiger partial charge on any atom is -0.436 e. The van der Waals surface area contributed by atoms with Crippen LogP contribution < -0.4 is 0 Å². The normalized spacial score (nSPS) is 15.1. The molecule has 0 aromatic rings. The Balaban J connectivity index is 3.85. The van der Waals surface area contributed by atoms with Gasteiger partial charge in [-0.05, 0) is 13.3 Å². The number of esters is 1. The van der Waals surface area contributed by atoms with Crippen molar-refractivity contribution in [2.75, 3.05) is 0 Å². The molecule has 2 unspecified atom stereocenters. The average molecular weight is 188 g/mol. The quantitative estimate of drug-likeness (QED) is 0.474. The molecule has 0 radical (unpaired) electrons. The van der Waals surface area contributed by atoms with Crippen LogP contribution in [0, 0.1) is 0 Å². The van der Waals surface area contributed by atoms with Crippen molar-refractivity contribution in [1.29, 1.82) is 0 Å². The first-order valence-corrected chi connectivity index (χ1v) is 4.92. The van der Waals surface area contributed by atoms with E-state index in [2.05, 4.69) is 0 Å². The summed E-state index contributed by atoms with van der Waals surface area (Å²) in [6.45, 7) is 7.46. The lowest BCUT2D eigenvalue weighted by Crippen LogP contribution is -2.24. The van der Waals surface area contributed by atoms with Gasteiger partial charge in [-0.3, -0.25) is 4.79 Å². The minimum atomic E-state index is -0.363. The lowest BCUT2D eigenvalue weighted by atomic mass is 10.3. The van der Waals surface area contributed by atoms with Crippen LogP contribution in [0.5, 0.6) is 0 Å². The molecule has 3 nitrogen and oxygen atoms in total. The van der Waals surface area contributed by atoms with Crippen molar-refractivity contribution >= 4 is 5.97 Å². The first-order chi connectivity index (χ1) is 6.10. The van der Waals surface area contributed by atoms with E-state index >= 15 is 0 Å². The van der Waals surface area contributed by atoms with Gasteiger partial charge in [0.1, 0.15) is 0 Å². The van der Waals surface area contributed by atoms with Crippen LogP contribution in [0.1, 0.15) is 47.0 Å².